The van der Waals surface area contributed by atoms with Gasteiger partial charge in [-0.25, -0.2) is 4.79 Å². The highest BCUT2D eigenvalue weighted by atomic mass is 16.2. The van der Waals surface area contributed by atoms with E-state index in [4.69, 9.17) is 5.73 Å². The second-order valence-corrected chi connectivity index (χ2v) is 9.33. The largest absolute Gasteiger partial charge is 0.352 e. The number of rotatable bonds is 9. The minimum Gasteiger partial charge on any atom is -0.352 e. The summed E-state index contributed by atoms with van der Waals surface area (Å²) in [6, 6.07) is 5.32. The van der Waals surface area contributed by atoms with E-state index in [9.17, 15) is 24.0 Å². The fourth-order valence-corrected chi connectivity index (χ4v) is 4.95. The number of fused-ring (bicyclic) bond motifs is 1. The van der Waals surface area contributed by atoms with Crippen molar-refractivity contribution < 1.29 is 24.0 Å². The lowest BCUT2D eigenvalue weighted by molar-refractivity contribution is -0.142. The van der Waals surface area contributed by atoms with Crippen molar-refractivity contribution in [1.82, 2.24) is 20.9 Å². The van der Waals surface area contributed by atoms with E-state index in [2.05, 4.69) is 22.5 Å². The van der Waals surface area contributed by atoms with Gasteiger partial charge in [-0.3, -0.25) is 19.2 Å². The number of carbonyl (C=O) groups excluding carboxylic acids is 5. The van der Waals surface area contributed by atoms with Gasteiger partial charge in [-0.1, -0.05) is 44.2 Å². The third-order valence-electron chi connectivity index (χ3n) is 6.97. The molecule has 1 aromatic carbocycles. The zero-order valence-electron chi connectivity index (χ0n) is 20.1. The van der Waals surface area contributed by atoms with Crippen molar-refractivity contribution in [2.75, 3.05) is 19.6 Å². The highest BCUT2D eigenvalue weighted by Crippen LogP contribution is 2.33. The second-order valence-electron chi connectivity index (χ2n) is 9.33. The van der Waals surface area contributed by atoms with Crippen LogP contribution in [0, 0.1) is 17.8 Å². The van der Waals surface area contributed by atoms with E-state index in [1.165, 1.54) is 11.0 Å². The summed E-state index contributed by atoms with van der Waals surface area (Å²) in [5.74, 6) is -2.90. The predicted molar refractivity (Wildman–Crippen MR) is 129 cm³/mol. The number of benzene rings is 1. The molecule has 0 aromatic heterocycles. The van der Waals surface area contributed by atoms with E-state index in [0.717, 1.165) is 11.1 Å². The quantitative estimate of drug-likeness (QED) is 0.286. The van der Waals surface area contributed by atoms with Crippen LogP contribution in [0.1, 0.15) is 25.0 Å². The number of primary amides is 1. The van der Waals surface area contributed by atoms with E-state index >= 15 is 0 Å². The van der Waals surface area contributed by atoms with Crippen LogP contribution in [0.5, 0.6) is 0 Å². The van der Waals surface area contributed by atoms with Crippen molar-refractivity contribution in [1.29, 1.82) is 0 Å². The van der Waals surface area contributed by atoms with Gasteiger partial charge >= 0.3 is 6.03 Å². The van der Waals surface area contributed by atoms with Gasteiger partial charge in [0.25, 0.3) is 5.91 Å². The molecule has 1 aliphatic heterocycles. The topological polar surface area (TPSA) is 151 Å². The van der Waals surface area contributed by atoms with Gasteiger partial charge in [0.05, 0.1) is 6.54 Å². The number of hydrogen-bond donors (Lipinski definition) is 4. The molecular weight excluding hydrogens is 450 g/mol. The predicted octanol–water partition coefficient (Wildman–Crippen LogP) is -0.0912. The number of likely N-dealkylation sites (tertiary alicyclic amines) is 1. The lowest BCUT2D eigenvalue weighted by Crippen LogP contribution is -2.58. The third kappa shape index (κ3) is 5.87. The van der Waals surface area contributed by atoms with Crippen LogP contribution in [0.3, 0.4) is 0 Å². The van der Waals surface area contributed by atoms with Gasteiger partial charge in [-0.2, -0.15) is 0 Å². The normalized spacial score (nSPS) is 22.1. The Balaban J connectivity index is 1.74. The first kappa shape index (κ1) is 25.9. The molecule has 0 saturated carbocycles. The maximum Gasteiger partial charge on any atom is 0.312 e. The van der Waals surface area contributed by atoms with E-state index < -0.39 is 42.3 Å². The van der Waals surface area contributed by atoms with Gasteiger partial charge in [0.1, 0.15) is 12.1 Å². The molecule has 0 bridgehead atoms. The van der Waals surface area contributed by atoms with Crippen molar-refractivity contribution in [3.05, 3.63) is 48.0 Å². The van der Waals surface area contributed by atoms with Crippen molar-refractivity contribution in [3.63, 3.8) is 0 Å². The summed E-state index contributed by atoms with van der Waals surface area (Å²) in [7, 11) is 0. The maximum atomic E-state index is 13.7. The van der Waals surface area contributed by atoms with E-state index in [-0.39, 0.29) is 30.2 Å². The van der Waals surface area contributed by atoms with Crippen LogP contribution in [0.25, 0.3) is 0 Å². The first-order chi connectivity index (χ1) is 16.6. The van der Waals surface area contributed by atoms with Gasteiger partial charge in [-0.15, -0.1) is 6.58 Å². The molecule has 0 unspecified atom stereocenters. The monoisotopic (exact) mass is 483 g/mol. The number of nitrogens with one attached hydrogen (secondary N) is 3. The summed E-state index contributed by atoms with van der Waals surface area (Å²) in [5, 5.41) is 7.47. The van der Waals surface area contributed by atoms with Crippen LogP contribution in [0.4, 0.5) is 4.79 Å². The van der Waals surface area contributed by atoms with Crippen LogP contribution < -0.4 is 21.7 Å². The van der Waals surface area contributed by atoms with Gasteiger partial charge in [0.15, 0.2) is 0 Å². The number of urea groups is 1. The molecule has 3 rings (SSSR count). The molecule has 35 heavy (non-hydrogen) atoms. The number of nitrogens with zero attached hydrogens (tertiary/aromatic N) is 1. The minimum absolute atomic E-state index is 0.0105. The highest BCUT2D eigenvalue weighted by Gasteiger charge is 2.47. The van der Waals surface area contributed by atoms with Gasteiger partial charge in [0.2, 0.25) is 17.6 Å². The lowest BCUT2D eigenvalue weighted by Gasteiger charge is -2.32. The molecule has 10 heteroatoms. The Hall–Kier alpha value is -3.69. The van der Waals surface area contributed by atoms with Crippen LogP contribution in [0.2, 0.25) is 0 Å². The van der Waals surface area contributed by atoms with Gasteiger partial charge in [0, 0.05) is 13.1 Å². The molecule has 1 heterocycles. The summed E-state index contributed by atoms with van der Waals surface area (Å²) in [6.45, 7) is 7.24. The van der Waals surface area contributed by atoms with Gasteiger partial charge in [-0.05, 0) is 41.7 Å². The fraction of sp³-hybridized carbons (Fsp3) is 0.480. The average Bonchev–Trinajstić information content (AvgIpc) is 3.39. The molecule has 0 spiro atoms. The standard InChI is InChI=1S/C25H33N5O5/c1-4-9-27-22(32)19(31)12-28-23(33)21-15(3)14(2)13-30(21)24(34)20(29-25(26)35)18-10-16-7-5-6-8-17(16)11-18/h4-8,14-15,18,20-21H,1,9-13H2,2-3H3,(H,27,32)(H,28,33)(H3,26,29,35)/t14-,15-,20-,21-/m0/s1. The summed E-state index contributed by atoms with van der Waals surface area (Å²) < 4.78 is 0. The molecule has 1 fully saturated rings. The summed E-state index contributed by atoms with van der Waals surface area (Å²) in [6.07, 6.45) is 2.65. The van der Waals surface area contributed by atoms with Crippen molar-refractivity contribution >= 4 is 29.5 Å². The van der Waals surface area contributed by atoms with Crippen LogP contribution in [0.15, 0.2) is 36.9 Å². The zero-order valence-corrected chi connectivity index (χ0v) is 20.1. The Bertz CT molecular complexity index is 1000. The molecule has 1 aromatic rings. The third-order valence-corrected chi connectivity index (χ3v) is 6.97. The summed E-state index contributed by atoms with van der Waals surface area (Å²) >= 11 is 0. The Kier molecular flexibility index (Phi) is 8.26. The number of hydrogen-bond acceptors (Lipinski definition) is 5. The van der Waals surface area contributed by atoms with Crippen LogP contribution >= 0.6 is 0 Å². The molecule has 10 nitrogen and oxygen atoms in total. The maximum absolute atomic E-state index is 13.7. The molecule has 5 amide bonds. The molecule has 2 aliphatic rings. The molecule has 188 valence electrons. The highest BCUT2D eigenvalue weighted by molar-refractivity contribution is 6.37. The second kappa shape index (κ2) is 11.2. The molecule has 0 radical (unpaired) electrons. The number of ketones is 1. The Labute approximate surface area is 204 Å². The van der Waals surface area contributed by atoms with Crippen LogP contribution in [-0.4, -0.2) is 66.2 Å². The molecule has 1 saturated heterocycles. The minimum atomic E-state index is -0.890. The summed E-state index contributed by atoms with van der Waals surface area (Å²) in [4.78, 5) is 63.9. The first-order valence-electron chi connectivity index (χ1n) is 11.8. The number of amides is 5. The number of nitrogens with two attached hydrogens (primary N) is 1. The van der Waals surface area contributed by atoms with E-state index in [1.807, 2.05) is 38.1 Å². The smallest absolute Gasteiger partial charge is 0.312 e. The Morgan fingerprint density at radius 3 is 2.31 bits per heavy atom. The Morgan fingerprint density at radius 1 is 1.11 bits per heavy atom. The van der Waals surface area contributed by atoms with Gasteiger partial charge < -0.3 is 26.6 Å². The molecule has 1 aliphatic carbocycles. The average molecular weight is 484 g/mol. The van der Waals surface area contributed by atoms with Crippen molar-refractivity contribution in [2.24, 2.45) is 23.5 Å². The fourth-order valence-electron chi connectivity index (χ4n) is 4.95. The summed E-state index contributed by atoms with van der Waals surface area (Å²) in [5.41, 5.74) is 7.65. The first-order valence-corrected chi connectivity index (χ1v) is 11.8. The van der Waals surface area contributed by atoms with E-state index in [0.29, 0.717) is 19.4 Å². The van der Waals surface area contributed by atoms with Crippen molar-refractivity contribution in [3.8, 4) is 0 Å². The lowest BCUT2D eigenvalue weighted by atomic mass is 9.92. The SMILES string of the molecule is C=CCNC(=O)C(=O)CNC(=O)[C@@H]1[C@@H](C)[C@@H](C)CN1C(=O)[C@@H](NC(N)=O)C1Cc2ccccc2C1. The zero-order chi connectivity index (χ0) is 25.7. The molecule has 4 atom stereocenters. The molecule has 5 N–H and O–H groups in total. The number of Topliss-reactive ketones (excluding diaryl/α,β-unsaturated/α-hetero) is 1. The van der Waals surface area contributed by atoms with Crippen LogP contribution in [-0.2, 0) is 32.0 Å². The Morgan fingerprint density at radius 2 is 1.74 bits per heavy atom. The molecular formula is C25H33N5O5. The van der Waals surface area contributed by atoms with E-state index in [1.54, 1.807) is 0 Å². The number of carbonyl (C=O) groups is 5. The van der Waals surface area contributed by atoms with Crippen molar-refractivity contribution in [2.45, 2.75) is 38.8 Å².